The number of carbonyl (C=O) groups excluding carboxylic acids is 2. The van der Waals surface area contributed by atoms with Crippen LogP contribution in [0.5, 0.6) is 28.7 Å². The van der Waals surface area contributed by atoms with Crippen molar-refractivity contribution in [3.8, 4) is 28.7 Å². The van der Waals surface area contributed by atoms with Crippen molar-refractivity contribution in [2.24, 2.45) is 11.3 Å². The molecule has 208 valence electrons. The molecule has 3 aromatic rings. The lowest BCUT2D eigenvalue weighted by Crippen LogP contribution is -2.19. The Balaban J connectivity index is 2.35. The fourth-order valence-corrected chi connectivity index (χ4v) is 5.17. The first-order valence-electron chi connectivity index (χ1n) is 12.8. The number of phenols is 1. The van der Waals surface area contributed by atoms with E-state index in [1.807, 2.05) is 0 Å². The molecule has 0 radical (unpaired) electrons. The van der Waals surface area contributed by atoms with E-state index in [9.17, 15) is 14.7 Å². The van der Waals surface area contributed by atoms with Crippen molar-refractivity contribution in [2.75, 3.05) is 28.4 Å². The second kappa shape index (κ2) is 12.2. The molecular weight excluding hydrogens is 496 g/mol. The summed E-state index contributed by atoms with van der Waals surface area (Å²) >= 11 is 0. The number of benzene rings is 3. The molecule has 0 saturated carbocycles. The van der Waals surface area contributed by atoms with E-state index in [0.29, 0.717) is 35.0 Å². The van der Waals surface area contributed by atoms with Gasteiger partial charge in [0.1, 0.15) is 39.9 Å². The Kier molecular flexibility index (Phi) is 9.28. The van der Waals surface area contributed by atoms with Crippen LogP contribution in [-0.4, -0.2) is 45.1 Å². The zero-order chi connectivity index (χ0) is 28.9. The lowest BCUT2D eigenvalue weighted by Gasteiger charge is -2.25. The van der Waals surface area contributed by atoms with E-state index in [2.05, 4.69) is 27.7 Å². The summed E-state index contributed by atoms with van der Waals surface area (Å²) in [5, 5.41) is 11.1. The Bertz CT molecular complexity index is 1310. The van der Waals surface area contributed by atoms with E-state index >= 15 is 0 Å². The fourth-order valence-electron chi connectivity index (χ4n) is 5.17. The molecule has 3 rings (SSSR count). The smallest absolute Gasteiger partial charge is 0.201 e. The summed E-state index contributed by atoms with van der Waals surface area (Å²) in [7, 11) is 5.86. The quantitative estimate of drug-likeness (QED) is 0.281. The van der Waals surface area contributed by atoms with Crippen LogP contribution in [0.25, 0.3) is 0 Å². The highest BCUT2D eigenvalue weighted by Crippen LogP contribution is 2.39. The van der Waals surface area contributed by atoms with Gasteiger partial charge in [-0.05, 0) is 60.6 Å². The molecule has 0 aliphatic rings. The summed E-state index contributed by atoms with van der Waals surface area (Å²) in [4.78, 5) is 28.6. The minimum absolute atomic E-state index is 0.0310. The number of hydrogen-bond acceptors (Lipinski definition) is 7. The van der Waals surface area contributed by atoms with Crippen molar-refractivity contribution in [1.29, 1.82) is 0 Å². The van der Waals surface area contributed by atoms with E-state index < -0.39 is 11.6 Å². The number of aromatic hydroxyl groups is 1. The SMILES string of the molecule is COc1cccc(OC)c1C(=O)c1ccc(O)c(CC(C)CC(C)(C)C)c1C(=O)c1c(OC)cccc1OC. The molecule has 0 aliphatic heterocycles. The number of carbonyl (C=O) groups is 2. The molecule has 1 unspecified atom stereocenters. The highest BCUT2D eigenvalue weighted by molar-refractivity contribution is 6.23. The lowest BCUT2D eigenvalue weighted by molar-refractivity contribution is 0.0995. The Morgan fingerprint density at radius 3 is 1.56 bits per heavy atom. The summed E-state index contributed by atoms with van der Waals surface area (Å²) in [6, 6.07) is 13.0. The molecule has 0 amide bonds. The van der Waals surface area contributed by atoms with Gasteiger partial charge in [-0.1, -0.05) is 39.8 Å². The van der Waals surface area contributed by atoms with Crippen LogP contribution in [0.15, 0.2) is 48.5 Å². The summed E-state index contributed by atoms with van der Waals surface area (Å²) in [5.41, 5.74) is 0.984. The summed E-state index contributed by atoms with van der Waals surface area (Å²) in [6.45, 7) is 8.50. The Morgan fingerprint density at radius 1 is 0.718 bits per heavy atom. The molecule has 1 atom stereocenters. The average Bonchev–Trinajstić information content (AvgIpc) is 2.91. The van der Waals surface area contributed by atoms with E-state index in [-0.39, 0.29) is 39.3 Å². The topological polar surface area (TPSA) is 91.3 Å². The van der Waals surface area contributed by atoms with Crippen molar-refractivity contribution in [3.63, 3.8) is 0 Å². The van der Waals surface area contributed by atoms with Crippen LogP contribution in [0.4, 0.5) is 0 Å². The summed E-state index contributed by atoms with van der Waals surface area (Å²) < 4.78 is 22.0. The third kappa shape index (κ3) is 6.36. The van der Waals surface area contributed by atoms with E-state index in [4.69, 9.17) is 18.9 Å². The fraction of sp³-hybridized carbons (Fsp3) is 0.375. The van der Waals surface area contributed by atoms with Crippen LogP contribution >= 0.6 is 0 Å². The molecule has 39 heavy (non-hydrogen) atoms. The van der Waals surface area contributed by atoms with Gasteiger partial charge in [-0.25, -0.2) is 0 Å². The van der Waals surface area contributed by atoms with E-state index in [0.717, 1.165) is 6.42 Å². The number of ether oxygens (including phenoxy) is 4. The number of hydrogen-bond donors (Lipinski definition) is 1. The molecule has 0 spiro atoms. The number of methoxy groups -OCH3 is 4. The largest absolute Gasteiger partial charge is 0.508 e. The normalized spacial score (nSPS) is 12.0. The lowest BCUT2D eigenvalue weighted by atomic mass is 9.80. The van der Waals surface area contributed by atoms with Gasteiger partial charge in [0.25, 0.3) is 0 Å². The number of rotatable bonds is 11. The minimum atomic E-state index is -0.490. The first-order valence-corrected chi connectivity index (χ1v) is 12.8. The van der Waals surface area contributed by atoms with Gasteiger partial charge in [-0.15, -0.1) is 0 Å². The molecule has 0 fully saturated rings. The van der Waals surface area contributed by atoms with Crippen molar-refractivity contribution in [3.05, 3.63) is 76.3 Å². The standard InChI is InChI=1S/C32H38O7/c1-19(18-32(2,3)4)17-21-22(33)16-15-20(30(34)28-23(36-5)11-9-12-24(28)37-6)27(21)31(35)29-25(38-7)13-10-14-26(29)39-8/h9-16,19,33H,17-18H2,1-8H3. The zero-order valence-corrected chi connectivity index (χ0v) is 24.0. The zero-order valence-electron chi connectivity index (χ0n) is 24.0. The molecule has 7 heteroatoms. The molecule has 0 bridgehead atoms. The Hall–Kier alpha value is -4.00. The average molecular weight is 535 g/mol. The van der Waals surface area contributed by atoms with Crippen LogP contribution in [0.1, 0.15) is 71.5 Å². The summed E-state index contributed by atoms with van der Waals surface area (Å²) in [6.07, 6.45) is 1.22. The highest BCUT2D eigenvalue weighted by atomic mass is 16.5. The third-order valence-electron chi connectivity index (χ3n) is 6.58. The predicted molar refractivity (Wildman–Crippen MR) is 151 cm³/mol. The third-order valence-corrected chi connectivity index (χ3v) is 6.58. The van der Waals surface area contributed by atoms with Gasteiger partial charge in [-0.3, -0.25) is 9.59 Å². The van der Waals surface area contributed by atoms with Crippen molar-refractivity contribution in [1.82, 2.24) is 0 Å². The summed E-state index contributed by atoms with van der Waals surface area (Å²) in [5.74, 6) is 0.298. The molecule has 0 aliphatic carbocycles. The first-order chi connectivity index (χ1) is 18.5. The van der Waals surface area contributed by atoms with Crippen LogP contribution < -0.4 is 18.9 Å². The molecule has 3 aromatic carbocycles. The maximum atomic E-state index is 14.4. The monoisotopic (exact) mass is 534 g/mol. The van der Waals surface area contributed by atoms with Gasteiger partial charge < -0.3 is 24.1 Å². The van der Waals surface area contributed by atoms with Gasteiger partial charge in [0, 0.05) is 16.7 Å². The number of ketones is 2. The van der Waals surface area contributed by atoms with Crippen molar-refractivity contribution >= 4 is 11.6 Å². The van der Waals surface area contributed by atoms with E-state index in [1.165, 1.54) is 40.6 Å². The maximum Gasteiger partial charge on any atom is 0.201 e. The van der Waals surface area contributed by atoms with Crippen molar-refractivity contribution in [2.45, 2.75) is 40.5 Å². The van der Waals surface area contributed by atoms with E-state index in [1.54, 1.807) is 36.4 Å². The molecule has 7 nitrogen and oxygen atoms in total. The van der Waals surface area contributed by atoms with Crippen LogP contribution in [0, 0.1) is 11.3 Å². The first kappa shape index (κ1) is 29.6. The van der Waals surface area contributed by atoms with Crippen LogP contribution in [0.3, 0.4) is 0 Å². The molecule has 0 aromatic heterocycles. The Labute approximate surface area is 230 Å². The second-order valence-corrected chi connectivity index (χ2v) is 10.8. The highest BCUT2D eigenvalue weighted by Gasteiger charge is 2.32. The molecule has 1 N–H and O–H groups in total. The number of phenolic OH excluding ortho intramolecular Hbond substituents is 1. The molecule has 0 heterocycles. The predicted octanol–water partition coefficient (Wildman–Crippen LogP) is 6.50. The van der Waals surface area contributed by atoms with Crippen LogP contribution in [0.2, 0.25) is 0 Å². The van der Waals surface area contributed by atoms with Gasteiger partial charge in [0.05, 0.1) is 28.4 Å². The van der Waals surface area contributed by atoms with Crippen molar-refractivity contribution < 1.29 is 33.6 Å². The van der Waals surface area contributed by atoms with Gasteiger partial charge >= 0.3 is 0 Å². The van der Waals surface area contributed by atoms with Gasteiger partial charge in [-0.2, -0.15) is 0 Å². The van der Waals surface area contributed by atoms with Gasteiger partial charge in [0.15, 0.2) is 0 Å². The maximum absolute atomic E-state index is 14.4. The van der Waals surface area contributed by atoms with Gasteiger partial charge in [0.2, 0.25) is 11.6 Å². The second-order valence-electron chi connectivity index (χ2n) is 10.8. The minimum Gasteiger partial charge on any atom is -0.508 e. The van der Waals surface area contributed by atoms with Crippen LogP contribution in [-0.2, 0) is 6.42 Å². The Morgan fingerprint density at radius 2 is 1.15 bits per heavy atom. The molecule has 0 saturated heterocycles. The molecular formula is C32H38O7.